The zero-order valence-electron chi connectivity index (χ0n) is 14.8. The van der Waals surface area contributed by atoms with Crippen molar-refractivity contribution in [2.24, 2.45) is 0 Å². The third-order valence-electron chi connectivity index (χ3n) is 5.12. The van der Waals surface area contributed by atoms with Gasteiger partial charge in [-0.3, -0.25) is 9.88 Å². The van der Waals surface area contributed by atoms with Crippen LogP contribution in [-0.4, -0.2) is 46.0 Å². The van der Waals surface area contributed by atoms with Crippen LogP contribution in [0.5, 0.6) is 0 Å². The molecule has 6 nitrogen and oxygen atoms in total. The minimum Gasteiger partial charge on any atom is -0.373 e. The Bertz CT molecular complexity index is 717. The van der Waals surface area contributed by atoms with Crippen LogP contribution in [0.3, 0.4) is 0 Å². The molecule has 2 aromatic rings. The summed E-state index contributed by atoms with van der Waals surface area (Å²) in [5.41, 5.74) is 3.64. The van der Waals surface area contributed by atoms with Crippen LogP contribution < -0.4 is 10.6 Å². The molecule has 6 heteroatoms. The summed E-state index contributed by atoms with van der Waals surface area (Å²) in [6, 6.07) is 6.51. The zero-order chi connectivity index (χ0) is 17.1. The summed E-state index contributed by atoms with van der Waals surface area (Å²) >= 11 is 0. The van der Waals surface area contributed by atoms with E-state index in [-0.39, 0.29) is 0 Å². The van der Waals surface area contributed by atoms with Crippen molar-refractivity contribution < 1.29 is 0 Å². The molecular formula is C19H26N6. The average molecular weight is 338 g/mol. The topological polar surface area (TPSA) is 66.0 Å². The molecule has 2 aromatic heterocycles. The molecular weight excluding hydrogens is 312 g/mol. The largest absolute Gasteiger partial charge is 0.373 e. The first-order chi connectivity index (χ1) is 12.3. The van der Waals surface area contributed by atoms with Gasteiger partial charge in [0.1, 0.15) is 5.82 Å². The quantitative estimate of drug-likeness (QED) is 0.873. The number of aryl methyl sites for hydroxylation is 1. The van der Waals surface area contributed by atoms with E-state index in [4.69, 9.17) is 9.97 Å². The molecule has 1 saturated heterocycles. The predicted octanol–water partition coefficient (Wildman–Crippen LogP) is 2.48. The van der Waals surface area contributed by atoms with Gasteiger partial charge >= 0.3 is 0 Å². The second-order valence-electron chi connectivity index (χ2n) is 6.96. The van der Waals surface area contributed by atoms with Crippen molar-refractivity contribution >= 4 is 11.8 Å². The highest BCUT2D eigenvalue weighted by Gasteiger charge is 2.23. The Morgan fingerprint density at radius 2 is 2.16 bits per heavy atom. The first-order valence-corrected chi connectivity index (χ1v) is 9.28. The Kier molecular flexibility index (Phi) is 4.78. The third kappa shape index (κ3) is 3.74. The first kappa shape index (κ1) is 16.3. The van der Waals surface area contributed by atoms with Crippen molar-refractivity contribution in [1.29, 1.82) is 0 Å². The Morgan fingerprint density at radius 1 is 1.20 bits per heavy atom. The lowest BCUT2D eigenvalue weighted by atomic mass is 10.1. The normalized spacial score (nSPS) is 20.3. The highest BCUT2D eigenvalue weighted by atomic mass is 15.2. The Hall–Kier alpha value is -2.21. The fourth-order valence-electron chi connectivity index (χ4n) is 3.92. The van der Waals surface area contributed by atoms with Gasteiger partial charge < -0.3 is 10.6 Å². The average Bonchev–Trinajstić information content (AvgIpc) is 3.11. The summed E-state index contributed by atoms with van der Waals surface area (Å²) in [4.78, 5) is 16.4. The SMILES string of the molecule is CNc1nc(N[C@@H]2CCCN(Cc3ccccn3)C2)nc2c1CCC2. The summed E-state index contributed by atoms with van der Waals surface area (Å²) < 4.78 is 0. The van der Waals surface area contributed by atoms with Gasteiger partial charge in [0.2, 0.25) is 5.95 Å². The molecule has 132 valence electrons. The maximum absolute atomic E-state index is 4.77. The van der Waals surface area contributed by atoms with E-state index in [2.05, 4.69) is 32.7 Å². The van der Waals surface area contributed by atoms with Gasteiger partial charge in [-0.05, 0) is 50.8 Å². The van der Waals surface area contributed by atoms with Crippen molar-refractivity contribution in [3.8, 4) is 0 Å². The number of hydrogen-bond donors (Lipinski definition) is 2. The molecule has 3 heterocycles. The van der Waals surface area contributed by atoms with Crippen LogP contribution in [0.25, 0.3) is 0 Å². The summed E-state index contributed by atoms with van der Waals surface area (Å²) in [5.74, 6) is 1.76. The van der Waals surface area contributed by atoms with Crippen LogP contribution in [0.2, 0.25) is 0 Å². The molecule has 1 atom stereocenters. The Morgan fingerprint density at radius 3 is 3.00 bits per heavy atom. The molecule has 1 fully saturated rings. The predicted molar refractivity (Wildman–Crippen MR) is 99.8 cm³/mol. The van der Waals surface area contributed by atoms with Crippen molar-refractivity contribution in [3.63, 3.8) is 0 Å². The number of aromatic nitrogens is 3. The molecule has 0 aromatic carbocycles. The molecule has 1 aliphatic carbocycles. The molecule has 0 amide bonds. The number of fused-ring (bicyclic) bond motifs is 1. The van der Waals surface area contributed by atoms with Crippen LogP contribution >= 0.6 is 0 Å². The van der Waals surface area contributed by atoms with Gasteiger partial charge in [0, 0.05) is 37.9 Å². The van der Waals surface area contributed by atoms with Crippen LogP contribution in [-0.2, 0) is 19.4 Å². The van der Waals surface area contributed by atoms with Gasteiger partial charge in [0.15, 0.2) is 0 Å². The van der Waals surface area contributed by atoms with E-state index in [1.165, 1.54) is 24.1 Å². The lowest BCUT2D eigenvalue weighted by Gasteiger charge is -2.33. The molecule has 0 saturated carbocycles. The van der Waals surface area contributed by atoms with Crippen LogP contribution in [0.1, 0.15) is 36.2 Å². The fourth-order valence-corrected chi connectivity index (χ4v) is 3.92. The van der Waals surface area contributed by atoms with E-state index in [1.54, 1.807) is 0 Å². The number of rotatable bonds is 5. The molecule has 0 bridgehead atoms. The molecule has 0 spiro atoms. The van der Waals surface area contributed by atoms with E-state index in [0.29, 0.717) is 6.04 Å². The highest BCUT2D eigenvalue weighted by Crippen LogP contribution is 2.27. The van der Waals surface area contributed by atoms with Gasteiger partial charge in [-0.2, -0.15) is 4.98 Å². The molecule has 0 unspecified atom stereocenters. The van der Waals surface area contributed by atoms with E-state index in [0.717, 1.165) is 56.4 Å². The number of piperidine rings is 1. The van der Waals surface area contributed by atoms with Gasteiger partial charge in [0.05, 0.1) is 11.4 Å². The third-order valence-corrected chi connectivity index (χ3v) is 5.12. The first-order valence-electron chi connectivity index (χ1n) is 9.28. The maximum atomic E-state index is 4.77. The van der Waals surface area contributed by atoms with Crippen molar-refractivity contribution in [3.05, 3.63) is 41.3 Å². The lowest BCUT2D eigenvalue weighted by molar-refractivity contribution is 0.206. The second-order valence-corrected chi connectivity index (χ2v) is 6.96. The molecule has 2 N–H and O–H groups in total. The molecule has 0 radical (unpaired) electrons. The number of anilines is 2. The zero-order valence-corrected chi connectivity index (χ0v) is 14.8. The Labute approximate surface area is 149 Å². The lowest BCUT2D eigenvalue weighted by Crippen LogP contribution is -2.42. The summed E-state index contributed by atoms with van der Waals surface area (Å²) in [6.07, 6.45) is 7.56. The number of pyridine rings is 1. The molecule has 2 aliphatic rings. The number of nitrogens with one attached hydrogen (secondary N) is 2. The van der Waals surface area contributed by atoms with Gasteiger partial charge in [-0.25, -0.2) is 4.98 Å². The smallest absolute Gasteiger partial charge is 0.225 e. The van der Waals surface area contributed by atoms with E-state index < -0.39 is 0 Å². The van der Waals surface area contributed by atoms with Gasteiger partial charge in [-0.15, -0.1) is 0 Å². The minimum absolute atomic E-state index is 0.390. The fraction of sp³-hybridized carbons (Fsp3) is 0.526. The highest BCUT2D eigenvalue weighted by molar-refractivity contribution is 5.52. The van der Waals surface area contributed by atoms with Crippen molar-refractivity contribution in [2.75, 3.05) is 30.8 Å². The Balaban J connectivity index is 1.42. The number of nitrogens with zero attached hydrogens (tertiary/aromatic N) is 4. The number of hydrogen-bond acceptors (Lipinski definition) is 6. The van der Waals surface area contributed by atoms with E-state index in [1.807, 2.05) is 19.3 Å². The van der Waals surface area contributed by atoms with Crippen molar-refractivity contribution in [2.45, 2.75) is 44.7 Å². The molecule has 4 rings (SSSR count). The summed E-state index contributed by atoms with van der Waals surface area (Å²) in [5, 5.41) is 6.81. The second kappa shape index (κ2) is 7.35. The summed E-state index contributed by atoms with van der Waals surface area (Å²) in [6.45, 7) is 3.04. The van der Waals surface area contributed by atoms with Crippen LogP contribution in [0.4, 0.5) is 11.8 Å². The summed E-state index contributed by atoms with van der Waals surface area (Å²) in [7, 11) is 1.94. The number of likely N-dealkylation sites (tertiary alicyclic amines) is 1. The van der Waals surface area contributed by atoms with E-state index in [9.17, 15) is 0 Å². The molecule has 25 heavy (non-hydrogen) atoms. The molecule has 1 aliphatic heterocycles. The van der Waals surface area contributed by atoms with Crippen LogP contribution in [0.15, 0.2) is 24.4 Å². The monoisotopic (exact) mass is 338 g/mol. The standard InChI is InChI=1S/C19H26N6/c1-20-18-16-8-4-9-17(16)23-19(24-18)22-15-7-5-11-25(13-15)12-14-6-2-3-10-21-14/h2-3,6,10,15H,4-5,7-9,11-13H2,1H3,(H2,20,22,23,24)/t15-/m1/s1. The minimum atomic E-state index is 0.390. The van der Waals surface area contributed by atoms with Gasteiger partial charge in [0.25, 0.3) is 0 Å². The van der Waals surface area contributed by atoms with Gasteiger partial charge in [-0.1, -0.05) is 6.07 Å². The van der Waals surface area contributed by atoms with E-state index >= 15 is 0 Å². The van der Waals surface area contributed by atoms with Crippen LogP contribution in [0, 0.1) is 0 Å². The maximum Gasteiger partial charge on any atom is 0.225 e. The van der Waals surface area contributed by atoms with Crippen molar-refractivity contribution in [1.82, 2.24) is 19.9 Å².